The van der Waals surface area contributed by atoms with E-state index in [0.29, 0.717) is 0 Å². The fourth-order valence-electron chi connectivity index (χ4n) is 4.14. The highest BCUT2D eigenvalue weighted by Crippen LogP contribution is 2.39. The first-order valence-electron chi connectivity index (χ1n) is 10.5. The van der Waals surface area contributed by atoms with Gasteiger partial charge in [0.2, 0.25) is 11.6 Å². The van der Waals surface area contributed by atoms with Gasteiger partial charge >= 0.3 is 0 Å². The molecule has 0 amide bonds. The summed E-state index contributed by atoms with van der Waals surface area (Å²) < 4.78 is 26.9. The Kier molecular flexibility index (Phi) is 8.85. The van der Waals surface area contributed by atoms with Crippen molar-refractivity contribution >= 4 is 0 Å². The van der Waals surface area contributed by atoms with Gasteiger partial charge < -0.3 is 79.9 Å². The molecule has 16 heteroatoms. The third kappa shape index (κ3) is 4.71. The average molecular weight is 504 g/mol. The lowest BCUT2D eigenvalue weighted by molar-refractivity contribution is -0.399. The summed E-state index contributed by atoms with van der Waals surface area (Å²) in [4.78, 5) is 0. The number of aliphatic hydroxyl groups excluding tert-OH is 11. The van der Waals surface area contributed by atoms with Gasteiger partial charge in [-0.25, -0.2) is 0 Å². The van der Waals surface area contributed by atoms with Crippen molar-refractivity contribution in [1.82, 2.24) is 0 Å². The van der Waals surface area contributed by atoms with E-state index in [4.69, 9.17) is 23.7 Å². The lowest BCUT2D eigenvalue weighted by Crippen LogP contribution is -2.63. The molecule has 0 spiro atoms. The maximum atomic E-state index is 10.7. The van der Waals surface area contributed by atoms with E-state index in [1.54, 1.807) is 0 Å². The van der Waals surface area contributed by atoms with Gasteiger partial charge in [0.15, 0.2) is 6.29 Å². The summed E-state index contributed by atoms with van der Waals surface area (Å²) in [6, 6.07) is 0. The van der Waals surface area contributed by atoms with E-state index >= 15 is 0 Å². The molecule has 0 aromatic carbocycles. The smallest absolute Gasteiger partial charge is 0.224 e. The van der Waals surface area contributed by atoms with Crippen molar-refractivity contribution in [2.24, 2.45) is 0 Å². The van der Waals surface area contributed by atoms with Crippen molar-refractivity contribution < 1.29 is 79.9 Å². The van der Waals surface area contributed by atoms with Crippen LogP contribution in [0.2, 0.25) is 0 Å². The summed E-state index contributed by atoms with van der Waals surface area (Å²) >= 11 is 0. The zero-order valence-corrected chi connectivity index (χ0v) is 17.8. The highest BCUT2D eigenvalue weighted by atomic mass is 16.8. The van der Waals surface area contributed by atoms with E-state index in [1.165, 1.54) is 0 Å². The van der Waals surface area contributed by atoms with Crippen LogP contribution >= 0.6 is 0 Å². The fraction of sp³-hybridized carbons (Fsp3) is 1.00. The Hall–Kier alpha value is -0.640. The van der Waals surface area contributed by atoms with Crippen molar-refractivity contribution in [3.05, 3.63) is 0 Å². The van der Waals surface area contributed by atoms with Gasteiger partial charge in [-0.05, 0) is 0 Å². The molecule has 0 radical (unpaired) electrons. The van der Waals surface area contributed by atoms with E-state index in [0.717, 1.165) is 0 Å². The summed E-state index contributed by atoms with van der Waals surface area (Å²) in [5.74, 6) is -4.84. The molecule has 13 atom stereocenters. The zero-order chi connectivity index (χ0) is 25.4. The van der Waals surface area contributed by atoms with Crippen molar-refractivity contribution in [2.75, 3.05) is 33.0 Å². The summed E-state index contributed by atoms with van der Waals surface area (Å²) in [5, 5.41) is 109. The van der Waals surface area contributed by atoms with E-state index < -0.39 is 112 Å². The van der Waals surface area contributed by atoms with Gasteiger partial charge in [-0.15, -0.1) is 0 Å². The standard InChI is InChI=1S/C18H32O16/c19-1-6-9(23)12(26)13(27)16(31-6)34-18(15(29)11(25)8(3-21)33-18)5-30-17(4-22)14(28)10(24)7(2-20)32-17/h6-16,19-29H,1-5H2/t6-,7+,8+,9+,10-,11-,12+,13+,14-,15-,16+,17+,18-/m0/s1. The first-order chi connectivity index (χ1) is 16.0. The highest BCUT2D eigenvalue weighted by Gasteiger charge is 2.62. The van der Waals surface area contributed by atoms with Crippen molar-refractivity contribution in [2.45, 2.75) is 78.9 Å². The molecule has 0 aromatic rings. The molecule has 0 bridgehead atoms. The molecule has 0 aliphatic carbocycles. The molecule has 0 unspecified atom stereocenters. The second-order valence-electron chi connectivity index (χ2n) is 8.43. The molecule has 11 N–H and O–H groups in total. The van der Waals surface area contributed by atoms with Crippen LogP contribution in [0.3, 0.4) is 0 Å². The van der Waals surface area contributed by atoms with Crippen LogP contribution in [0.5, 0.6) is 0 Å². The van der Waals surface area contributed by atoms with Gasteiger partial charge in [0.1, 0.15) is 74.3 Å². The van der Waals surface area contributed by atoms with Crippen molar-refractivity contribution in [3.63, 3.8) is 0 Å². The Bertz CT molecular complexity index is 668. The van der Waals surface area contributed by atoms with Gasteiger partial charge in [0, 0.05) is 0 Å². The number of rotatable bonds is 9. The van der Waals surface area contributed by atoms with Crippen LogP contribution in [0.15, 0.2) is 0 Å². The molecule has 16 nitrogen and oxygen atoms in total. The number of hydrogen-bond acceptors (Lipinski definition) is 16. The largest absolute Gasteiger partial charge is 0.394 e. The minimum Gasteiger partial charge on any atom is -0.394 e. The van der Waals surface area contributed by atoms with Crippen LogP contribution < -0.4 is 0 Å². The monoisotopic (exact) mass is 504 g/mol. The number of hydrogen-bond donors (Lipinski definition) is 11. The van der Waals surface area contributed by atoms with Gasteiger partial charge in [0.05, 0.1) is 19.8 Å². The van der Waals surface area contributed by atoms with Crippen LogP contribution in [0.25, 0.3) is 0 Å². The molecule has 3 saturated heterocycles. The average Bonchev–Trinajstić information content (AvgIpc) is 3.23. The molecule has 0 aromatic heterocycles. The Balaban J connectivity index is 1.87. The summed E-state index contributed by atoms with van der Waals surface area (Å²) in [7, 11) is 0. The fourth-order valence-corrected chi connectivity index (χ4v) is 4.14. The Morgan fingerprint density at radius 1 is 0.588 bits per heavy atom. The van der Waals surface area contributed by atoms with Gasteiger partial charge in [0.25, 0.3) is 0 Å². The summed E-state index contributed by atoms with van der Waals surface area (Å²) in [6.45, 7) is -4.40. The van der Waals surface area contributed by atoms with Crippen LogP contribution in [0.1, 0.15) is 0 Å². The quantitative estimate of drug-likeness (QED) is 0.139. The van der Waals surface area contributed by atoms with Gasteiger partial charge in [-0.2, -0.15) is 0 Å². The minimum atomic E-state index is -2.49. The van der Waals surface area contributed by atoms with Gasteiger partial charge in [-0.1, -0.05) is 0 Å². The molecule has 3 rings (SSSR count). The Morgan fingerprint density at radius 3 is 1.56 bits per heavy atom. The van der Waals surface area contributed by atoms with Crippen LogP contribution in [-0.4, -0.2) is 168 Å². The van der Waals surface area contributed by atoms with E-state index in [2.05, 4.69) is 0 Å². The maximum Gasteiger partial charge on any atom is 0.224 e. The molecule has 3 heterocycles. The molecular formula is C18H32O16. The molecule has 0 saturated carbocycles. The predicted molar refractivity (Wildman–Crippen MR) is 101 cm³/mol. The first kappa shape index (κ1) is 27.9. The number of ether oxygens (including phenoxy) is 5. The lowest BCUT2D eigenvalue weighted by Gasteiger charge is -2.44. The normalized spacial score (nSPS) is 51.8. The topological polar surface area (TPSA) is 269 Å². The SMILES string of the molecule is OC[C@@H]1O[C@H](O[C@]2(CO[C@]3(CO)O[C@H](CO)[C@H](O)[C@@H]3O)O[C@H](CO)[C@H](O)[C@@H]2O)[C@H](O)[C@H](O)[C@@H]1O. The highest BCUT2D eigenvalue weighted by molar-refractivity contribution is 5.01. The van der Waals surface area contributed by atoms with E-state index in [9.17, 15) is 56.2 Å². The van der Waals surface area contributed by atoms with E-state index in [1.807, 2.05) is 0 Å². The van der Waals surface area contributed by atoms with Crippen molar-refractivity contribution in [3.8, 4) is 0 Å². The third-order valence-corrected chi connectivity index (χ3v) is 6.27. The molecule has 200 valence electrons. The van der Waals surface area contributed by atoms with Crippen LogP contribution in [-0.2, 0) is 23.7 Å². The minimum absolute atomic E-state index is 0.750. The maximum absolute atomic E-state index is 10.7. The Labute approximate surface area is 192 Å². The summed E-state index contributed by atoms with van der Waals surface area (Å²) in [5.41, 5.74) is 0. The molecule has 3 aliphatic heterocycles. The third-order valence-electron chi connectivity index (χ3n) is 6.27. The zero-order valence-electron chi connectivity index (χ0n) is 17.8. The van der Waals surface area contributed by atoms with Crippen molar-refractivity contribution in [1.29, 1.82) is 0 Å². The second-order valence-corrected chi connectivity index (χ2v) is 8.43. The van der Waals surface area contributed by atoms with Crippen LogP contribution in [0.4, 0.5) is 0 Å². The Morgan fingerprint density at radius 2 is 1.09 bits per heavy atom. The molecule has 34 heavy (non-hydrogen) atoms. The first-order valence-corrected chi connectivity index (χ1v) is 10.5. The van der Waals surface area contributed by atoms with Gasteiger partial charge in [-0.3, -0.25) is 0 Å². The molecule has 3 fully saturated rings. The van der Waals surface area contributed by atoms with E-state index in [-0.39, 0.29) is 0 Å². The predicted octanol–water partition coefficient (Wildman–Crippen LogP) is -7.57. The molecule has 3 aliphatic rings. The summed E-state index contributed by atoms with van der Waals surface area (Å²) in [6.07, 6.45) is -19.0. The number of aliphatic hydroxyl groups is 11. The second kappa shape index (κ2) is 10.8. The van der Waals surface area contributed by atoms with Crippen LogP contribution in [0, 0.1) is 0 Å². The lowest BCUT2D eigenvalue weighted by atomic mass is 9.99. The molecular weight excluding hydrogens is 472 g/mol.